The number of ether oxygens (including phenoxy) is 1. The van der Waals surface area contributed by atoms with E-state index in [1.807, 2.05) is 6.92 Å². The highest BCUT2D eigenvalue weighted by atomic mass is 35.5. The number of anilines is 1. The van der Waals surface area contributed by atoms with Gasteiger partial charge in [0, 0.05) is 25.8 Å². The molecule has 1 aromatic heterocycles. The molecule has 0 radical (unpaired) electrons. The quantitative estimate of drug-likeness (QED) is 0.328. The molecular weight excluding hydrogens is 429 g/mol. The van der Waals surface area contributed by atoms with Crippen molar-refractivity contribution in [3.05, 3.63) is 32.8 Å². The Bertz CT molecular complexity index is 804. The van der Waals surface area contributed by atoms with Gasteiger partial charge in [0.25, 0.3) is 5.69 Å². The van der Waals surface area contributed by atoms with Crippen molar-refractivity contribution in [2.24, 2.45) is 0 Å². The summed E-state index contributed by atoms with van der Waals surface area (Å²) in [6.45, 7) is 3.73. The smallest absolute Gasteiger partial charge is 0.382 e. The number of nitrogens with one attached hydrogen (secondary N) is 1. The van der Waals surface area contributed by atoms with E-state index in [1.165, 1.54) is 0 Å². The third-order valence-corrected chi connectivity index (χ3v) is 5.39. The first-order valence-corrected chi connectivity index (χ1v) is 9.61. The van der Waals surface area contributed by atoms with Crippen LogP contribution in [0.1, 0.15) is 18.9 Å². The first kappa shape index (κ1) is 21.7. The molecule has 2 rings (SSSR count). The van der Waals surface area contributed by atoms with Crippen LogP contribution < -0.4 is 5.32 Å². The number of hydrogen-bond donors (Lipinski definition) is 1. The zero-order valence-electron chi connectivity index (χ0n) is 13.9. The van der Waals surface area contributed by atoms with E-state index in [2.05, 4.69) is 15.5 Å². The Balaban J connectivity index is 2.13. The number of nitro benzene ring substituents is 1. The summed E-state index contributed by atoms with van der Waals surface area (Å²) in [6, 6.07) is 1.35. The highest BCUT2D eigenvalue weighted by Gasteiger charge is 2.36. The molecule has 0 aliphatic heterocycles. The van der Waals surface area contributed by atoms with E-state index < -0.39 is 27.4 Å². The van der Waals surface area contributed by atoms with Gasteiger partial charge >= 0.3 is 6.18 Å². The summed E-state index contributed by atoms with van der Waals surface area (Å²) in [4.78, 5) is 10.2. The lowest BCUT2D eigenvalue weighted by molar-refractivity contribution is -0.388. The zero-order chi connectivity index (χ0) is 20.0. The standard InChI is InChI=1S/C14H14ClF3N4O3S2/c1-2-25-5-3-4-19-12-20-21-13(27-12)26-11-7-9(15)8(14(16,17)18)6-10(11)22(23)24/h6-7H,2-5H2,1H3,(H,19,20). The summed E-state index contributed by atoms with van der Waals surface area (Å²) >= 11 is 7.62. The highest BCUT2D eigenvalue weighted by molar-refractivity contribution is 8.01. The van der Waals surface area contributed by atoms with Gasteiger partial charge in [0.2, 0.25) is 5.13 Å². The van der Waals surface area contributed by atoms with Crippen LogP contribution in [-0.4, -0.2) is 34.9 Å². The van der Waals surface area contributed by atoms with E-state index in [1.54, 1.807) is 0 Å². The number of alkyl halides is 3. The van der Waals surface area contributed by atoms with E-state index in [9.17, 15) is 23.3 Å². The lowest BCUT2D eigenvalue weighted by atomic mass is 10.2. The van der Waals surface area contributed by atoms with Crippen LogP contribution in [0.25, 0.3) is 0 Å². The molecule has 2 aromatic rings. The van der Waals surface area contributed by atoms with Gasteiger partial charge in [0.15, 0.2) is 4.34 Å². The number of halogens is 4. The lowest BCUT2D eigenvalue weighted by Crippen LogP contribution is -2.07. The van der Waals surface area contributed by atoms with Gasteiger partial charge in [-0.05, 0) is 31.2 Å². The van der Waals surface area contributed by atoms with Crippen molar-refractivity contribution in [2.45, 2.75) is 28.8 Å². The molecule has 0 aliphatic rings. The molecule has 0 aliphatic carbocycles. The van der Waals surface area contributed by atoms with Crippen LogP contribution in [0.15, 0.2) is 21.4 Å². The SMILES string of the molecule is CCOCCCNc1nnc(Sc2cc(Cl)c(C(F)(F)F)cc2[N+](=O)[O-])s1. The predicted molar refractivity (Wildman–Crippen MR) is 96.7 cm³/mol. The molecule has 13 heteroatoms. The van der Waals surface area contributed by atoms with Gasteiger partial charge in [0.1, 0.15) is 0 Å². The van der Waals surface area contributed by atoms with Gasteiger partial charge in [-0.2, -0.15) is 13.2 Å². The molecule has 7 nitrogen and oxygen atoms in total. The summed E-state index contributed by atoms with van der Waals surface area (Å²) < 4.78 is 44.2. The minimum Gasteiger partial charge on any atom is -0.382 e. The van der Waals surface area contributed by atoms with E-state index in [0.717, 1.165) is 35.6 Å². The van der Waals surface area contributed by atoms with Gasteiger partial charge in [-0.25, -0.2) is 0 Å². The molecular formula is C14H14ClF3N4O3S2. The second-order valence-corrected chi connectivity index (χ2v) is 7.68. The Morgan fingerprint density at radius 1 is 1.41 bits per heavy atom. The maximum atomic E-state index is 12.9. The molecule has 1 heterocycles. The van der Waals surface area contributed by atoms with E-state index in [0.29, 0.717) is 35.3 Å². The van der Waals surface area contributed by atoms with Crippen LogP contribution in [0.4, 0.5) is 24.0 Å². The normalized spacial score (nSPS) is 11.6. The first-order valence-electron chi connectivity index (χ1n) is 7.60. The summed E-state index contributed by atoms with van der Waals surface area (Å²) in [7, 11) is 0. The zero-order valence-corrected chi connectivity index (χ0v) is 16.3. The Labute approximate surface area is 165 Å². The summed E-state index contributed by atoms with van der Waals surface area (Å²) in [6.07, 6.45) is -4.03. The first-order chi connectivity index (χ1) is 12.7. The predicted octanol–water partition coefficient (Wildman–Crippen LogP) is 5.11. The maximum Gasteiger partial charge on any atom is 0.418 e. The number of nitro groups is 1. The summed E-state index contributed by atoms with van der Waals surface area (Å²) in [5.41, 5.74) is -1.95. The van der Waals surface area contributed by atoms with E-state index in [4.69, 9.17) is 16.3 Å². The monoisotopic (exact) mass is 442 g/mol. The van der Waals surface area contributed by atoms with Gasteiger partial charge in [-0.3, -0.25) is 10.1 Å². The minimum absolute atomic E-state index is 0.0444. The second-order valence-electron chi connectivity index (χ2n) is 5.01. The van der Waals surface area contributed by atoms with Gasteiger partial charge in [-0.1, -0.05) is 22.9 Å². The Morgan fingerprint density at radius 3 is 2.78 bits per heavy atom. The fraction of sp³-hybridized carbons (Fsp3) is 0.429. The van der Waals surface area contributed by atoms with Gasteiger partial charge in [-0.15, -0.1) is 10.2 Å². The van der Waals surface area contributed by atoms with E-state index >= 15 is 0 Å². The maximum absolute atomic E-state index is 12.9. The Kier molecular flexibility index (Phi) is 7.65. The molecule has 1 N–H and O–H groups in total. The molecule has 0 saturated heterocycles. The summed E-state index contributed by atoms with van der Waals surface area (Å²) in [5.74, 6) is 0. The average Bonchev–Trinajstić information content (AvgIpc) is 3.00. The van der Waals surface area contributed by atoms with Crippen LogP contribution in [0.3, 0.4) is 0 Å². The number of nitrogens with zero attached hydrogens (tertiary/aromatic N) is 3. The second kappa shape index (κ2) is 9.53. The molecule has 148 valence electrons. The molecule has 0 fully saturated rings. The number of aromatic nitrogens is 2. The fourth-order valence-electron chi connectivity index (χ4n) is 1.92. The topological polar surface area (TPSA) is 90.2 Å². The van der Waals surface area contributed by atoms with Gasteiger partial charge in [0.05, 0.1) is 20.4 Å². The molecule has 1 aromatic carbocycles. The molecule has 0 bridgehead atoms. The molecule has 0 atom stereocenters. The van der Waals surface area contributed by atoms with Crippen molar-refractivity contribution < 1.29 is 22.8 Å². The minimum atomic E-state index is -4.79. The van der Waals surface area contributed by atoms with Crippen LogP contribution in [-0.2, 0) is 10.9 Å². The Hall–Kier alpha value is -1.63. The van der Waals surface area contributed by atoms with Crippen LogP contribution in [0, 0.1) is 10.1 Å². The summed E-state index contributed by atoms with van der Waals surface area (Å²) in [5, 5.41) is 21.8. The molecule has 0 saturated carbocycles. The van der Waals surface area contributed by atoms with Crippen LogP contribution in [0.5, 0.6) is 0 Å². The van der Waals surface area contributed by atoms with Crippen molar-refractivity contribution in [3.63, 3.8) is 0 Å². The van der Waals surface area contributed by atoms with Crippen molar-refractivity contribution >= 4 is 45.5 Å². The van der Waals surface area contributed by atoms with Crippen molar-refractivity contribution in [3.8, 4) is 0 Å². The third-order valence-electron chi connectivity index (χ3n) is 3.10. The molecule has 0 amide bonds. The highest BCUT2D eigenvalue weighted by Crippen LogP contribution is 2.43. The van der Waals surface area contributed by atoms with Crippen molar-refractivity contribution in [2.75, 3.05) is 25.1 Å². The Morgan fingerprint density at radius 2 is 2.15 bits per heavy atom. The van der Waals surface area contributed by atoms with Crippen LogP contribution >= 0.6 is 34.7 Å². The molecule has 27 heavy (non-hydrogen) atoms. The molecule has 0 unspecified atom stereocenters. The third kappa shape index (κ3) is 6.19. The molecule has 0 spiro atoms. The van der Waals surface area contributed by atoms with Crippen LogP contribution in [0.2, 0.25) is 5.02 Å². The number of hydrogen-bond acceptors (Lipinski definition) is 8. The van der Waals surface area contributed by atoms with Gasteiger partial charge < -0.3 is 10.1 Å². The largest absolute Gasteiger partial charge is 0.418 e. The lowest BCUT2D eigenvalue weighted by Gasteiger charge is -2.10. The average molecular weight is 443 g/mol. The number of rotatable bonds is 9. The van der Waals surface area contributed by atoms with E-state index in [-0.39, 0.29) is 4.90 Å². The number of benzene rings is 1. The fourth-order valence-corrected chi connectivity index (χ4v) is 4.11. The van der Waals surface area contributed by atoms with Crippen molar-refractivity contribution in [1.82, 2.24) is 10.2 Å². The van der Waals surface area contributed by atoms with Crippen molar-refractivity contribution in [1.29, 1.82) is 0 Å².